The minimum Gasteiger partial charge on any atom is -0.480 e. The van der Waals surface area contributed by atoms with Crippen LogP contribution in [0, 0.1) is 0 Å². The van der Waals surface area contributed by atoms with Crippen molar-refractivity contribution in [2.24, 2.45) is 0 Å². The van der Waals surface area contributed by atoms with E-state index in [0.29, 0.717) is 18.2 Å². The fraction of sp³-hybridized carbons (Fsp3) is 0.350. The van der Waals surface area contributed by atoms with Crippen LogP contribution in [-0.2, 0) is 4.79 Å². The van der Waals surface area contributed by atoms with Crippen LogP contribution in [0.25, 0.3) is 21.3 Å². The molecule has 0 aliphatic rings. The molecule has 2 heterocycles. The van der Waals surface area contributed by atoms with E-state index in [2.05, 4.69) is 58.8 Å². The highest BCUT2D eigenvalue weighted by molar-refractivity contribution is 7.17. The average molecular weight is 369 g/mol. The second-order valence-corrected chi connectivity index (χ2v) is 7.51. The van der Waals surface area contributed by atoms with Gasteiger partial charge in [-0.2, -0.15) is 0 Å². The molecule has 0 bridgehead atoms. The summed E-state index contributed by atoms with van der Waals surface area (Å²) in [5.74, 6) is 0.200. The van der Waals surface area contributed by atoms with Crippen LogP contribution >= 0.6 is 11.3 Å². The predicted octanol–water partition coefficient (Wildman–Crippen LogP) is 5.15. The number of fused-ring (bicyclic) bond motifs is 1. The molecule has 26 heavy (non-hydrogen) atoms. The smallest absolute Gasteiger partial charge is 0.326 e. The number of aliphatic carboxylic acids is 1. The monoisotopic (exact) mass is 369 g/mol. The molecule has 0 amide bonds. The molecule has 2 aromatic heterocycles. The van der Waals surface area contributed by atoms with E-state index in [0.717, 1.165) is 27.8 Å². The van der Waals surface area contributed by atoms with Crippen LogP contribution in [0.1, 0.15) is 45.1 Å². The van der Waals surface area contributed by atoms with Crippen molar-refractivity contribution in [2.45, 2.75) is 45.6 Å². The van der Waals surface area contributed by atoms with Crippen molar-refractivity contribution < 1.29 is 9.90 Å². The van der Waals surface area contributed by atoms with Crippen LogP contribution in [0.3, 0.4) is 0 Å². The van der Waals surface area contributed by atoms with E-state index in [9.17, 15) is 9.90 Å². The summed E-state index contributed by atoms with van der Waals surface area (Å²) in [6.07, 6.45) is 2.81. The summed E-state index contributed by atoms with van der Waals surface area (Å²) in [5.41, 5.74) is 3.40. The first-order valence-electron chi connectivity index (χ1n) is 8.83. The van der Waals surface area contributed by atoms with Crippen molar-refractivity contribution in [3.05, 3.63) is 41.5 Å². The van der Waals surface area contributed by atoms with Gasteiger partial charge in [0.05, 0.1) is 5.39 Å². The minimum atomic E-state index is -0.864. The molecule has 3 rings (SSSR count). The Morgan fingerprint density at radius 3 is 2.58 bits per heavy atom. The number of carboxylic acid groups (broad SMARTS) is 1. The van der Waals surface area contributed by atoms with Gasteiger partial charge in [-0.25, -0.2) is 14.8 Å². The summed E-state index contributed by atoms with van der Waals surface area (Å²) < 4.78 is 0. The van der Waals surface area contributed by atoms with Gasteiger partial charge in [-0.1, -0.05) is 51.5 Å². The van der Waals surface area contributed by atoms with Crippen LogP contribution in [0.15, 0.2) is 36.0 Å². The zero-order valence-corrected chi connectivity index (χ0v) is 16.0. The molecule has 5 nitrogen and oxygen atoms in total. The van der Waals surface area contributed by atoms with E-state index in [1.165, 1.54) is 11.9 Å². The van der Waals surface area contributed by atoms with Crippen LogP contribution < -0.4 is 5.32 Å². The van der Waals surface area contributed by atoms with E-state index in [4.69, 9.17) is 0 Å². The van der Waals surface area contributed by atoms with Crippen molar-refractivity contribution >= 4 is 33.3 Å². The lowest BCUT2D eigenvalue weighted by Crippen LogP contribution is -2.29. The number of anilines is 1. The summed E-state index contributed by atoms with van der Waals surface area (Å²) in [7, 11) is 0. The first-order valence-corrected chi connectivity index (χ1v) is 9.71. The molecule has 0 fully saturated rings. The van der Waals surface area contributed by atoms with Crippen LogP contribution in [0.4, 0.5) is 5.82 Å². The summed E-state index contributed by atoms with van der Waals surface area (Å²) in [6, 6.07) is 7.83. The van der Waals surface area contributed by atoms with Gasteiger partial charge in [0.25, 0.3) is 0 Å². The molecule has 1 aromatic carbocycles. The fourth-order valence-electron chi connectivity index (χ4n) is 2.96. The highest BCUT2D eigenvalue weighted by atomic mass is 32.1. The van der Waals surface area contributed by atoms with E-state index in [1.54, 1.807) is 11.3 Å². The highest BCUT2D eigenvalue weighted by Gasteiger charge is 2.20. The van der Waals surface area contributed by atoms with E-state index < -0.39 is 12.0 Å². The lowest BCUT2D eigenvalue weighted by molar-refractivity contribution is -0.138. The Balaban J connectivity index is 2.03. The van der Waals surface area contributed by atoms with Crippen molar-refractivity contribution in [3.63, 3.8) is 0 Å². The van der Waals surface area contributed by atoms with Gasteiger partial charge < -0.3 is 10.4 Å². The largest absolute Gasteiger partial charge is 0.480 e. The number of carbonyl (C=O) groups is 1. The maximum atomic E-state index is 11.5. The number of aromatic nitrogens is 2. The molecule has 0 saturated carbocycles. The van der Waals surface area contributed by atoms with Crippen molar-refractivity contribution in [2.75, 3.05) is 5.32 Å². The normalized spacial score (nSPS) is 12.5. The second-order valence-electron chi connectivity index (χ2n) is 6.65. The minimum absolute atomic E-state index is 0.481. The van der Waals surface area contributed by atoms with Crippen LogP contribution in [0.2, 0.25) is 0 Å². The van der Waals surface area contributed by atoms with Crippen molar-refractivity contribution in [1.29, 1.82) is 0 Å². The molecule has 1 atom stereocenters. The third-order valence-corrected chi connectivity index (χ3v) is 5.33. The lowest BCUT2D eigenvalue weighted by atomic mass is 9.99. The Morgan fingerprint density at radius 2 is 1.96 bits per heavy atom. The number of thiophene rings is 1. The predicted molar refractivity (Wildman–Crippen MR) is 107 cm³/mol. The number of carboxylic acids is 1. The Bertz CT molecular complexity index is 903. The Hall–Kier alpha value is -2.47. The molecule has 0 spiro atoms. The Kier molecular flexibility index (Phi) is 5.52. The molecule has 0 aliphatic carbocycles. The van der Waals surface area contributed by atoms with Crippen molar-refractivity contribution in [1.82, 2.24) is 9.97 Å². The Morgan fingerprint density at radius 1 is 1.23 bits per heavy atom. The Labute approximate surface area is 157 Å². The standard InChI is InChI=1S/C20H23N3O2S/c1-4-5-16(20(24)25)23-18-17-15(10-26-19(17)22-11-21-18)14-8-6-13(7-9-14)12(2)3/h6-12,16H,4-5H2,1-3H3,(H,24,25)(H,21,22,23). The first-order chi connectivity index (χ1) is 12.5. The molecule has 0 radical (unpaired) electrons. The van der Waals surface area contributed by atoms with Gasteiger partial charge in [0.15, 0.2) is 0 Å². The highest BCUT2D eigenvalue weighted by Crippen LogP contribution is 2.37. The number of hydrogen-bond donors (Lipinski definition) is 2. The molecular formula is C20H23N3O2S. The zero-order chi connectivity index (χ0) is 18.7. The van der Waals surface area contributed by atoms with Crippen LogP contribution in [-0.4, -0.2) is 27.1 Å². The molecule has 0 saturated heterocycles. The van der Waals surface area contributed by atoms with E-state index in [-0.39, 0.29) is 0 Å². The molecule has 6 heteroatoms. The summed E-state index contributed by atoms with van der Waals surface area (Å²) in [5, 5.41) is 15.5. The molecule has 3 aromatic rings. The number of nitrogens with zero attached hydrogens (tertiary/aromatic N) is 2. The fourth-order valence-corrected chi connectivity index (χ4v) is 3.87. The molecule has 2 N–H and O–H groups in total. The third kappa shape index (κ3) is 3.70. The molecule has 136 valence electrons. The van der Waals surface area contributed by atoms with Gasteiger partial charge in [0.2, 0.25) is 0 Å². The van der Waals surface area contributed by atoms with Gasteiger partial charge in [0, 0.05) is 10.9 Å². The number of nitrogens with one attached hydrogen (secondary N) is 1. The number of hydrogen-bond acceptors (Lipinski definition) is 5. The quantitative estimate of drug-likeness (QED) is 0.602. The zero-order valence-electron chi connectivity index (χ0n) is 15.2. The summed E-state index contributed by atoms with van der Waals surface area (Å²) in [6.45, 7) is 6.31. The van der Waals surface area contributed by atoms with Gasteiger partial charge >= 0.3 is 5.97 Å². The van der Waals surface area contributed by atoms with Crippen molar-refractivity contribution in [3.8, 4) is 11.1 Å². The summed E-state index contributed by atoms with van der Waals surface area (Å²) >= 11 is 1.54. The van der Waals surface area contributed by atoms with Gasteiger partial charge in [-0.05, 0) is 23.5 Å². The van der Waals surface area contributed by atoms with E-state index >= 15 is 0 Å². The lowest BCUT2D eigenvalue weighted by Gasteiger charge is -2.15. The SMILES string of the molecule is CCCC(Nc1ncnc2scc(-c3ccc(C(C)C)cc3)c12)C(=O)O. The summed E-state index contributed by atoms with van der Waals surface area (Å²) in [4.78, 5) is 21.1. The third-order valence-electron chi connectivity index (χ3n) is 4.44. The van der Waals surface area contributed by atoms with Gasteiger partial charge in [0.1, 0.15) is 23.0 Å². The first kappa shape index (κ1) is 18.3. The van der Waals surface area contributed by atoms with E-state index in [1.807, 2.05) is 6.92 Å². The number of rotatable bonds is 7. The van der Waals surface area contributed by atoms with Gasteiger partial charge in [-0.3, -0.25) is 0 Å². The number of benzene rings is 1. The molecule has 0 aliphatic heterocycles. The average Bonchev–Trinajstić information content (AvgIpc) is 3.06. The maximum Gasteiger partial charge on any atom is 0.326 e. The van der Waals surface area contributed by atoms with Gasteiger partial charge in [-0.15, -0.1) is 11.3 Å². The maximum absolute atomic E-state index is 11.5. The molecule has 1 unspecified atom stereocenters. The molecular weight excluding hydrogens is 346 g/mol. The topological polar surface area (TPSA) is 75.1 Å². The second kappa shape index (κ2) is 7.83. The van der Waals surface area contributed by atoms with Crippen LogP contribution in [0.5, 0.6) is 0 Å².